The minimum absolute atomic E-state index is 0. The third kappa shape index (κ3) is 27.3. The first kappa shape index (κ1) is 40.6. The van der Waals surface area contributed by atoms with Gasteiger partial charge in [0.1, 0.15) is 0 Å². The van der Waals surface area contributed by atoms with Crippen molar-refractivity contribution < 1.29 is 50.6 Å². The molecule has 15 heteroatoms. The molecule has 0 aliphatic heterocycles. The monoisotopic (exact) mass is 418 g/mol. The second kappa shape index (κ2) is 23.0. The van der Waals surface area contributed by atoms with Crippen LogP contribution < -0.4 is 0 Å². The van der Waals surface area contributed by atoms with E-state index in [-0.39, 0.29) is 121 Å². The van der Waals surface area contributed by atoms with Crippen LogP contribution >= 0.6 is 0 Å². The summed E-state index contributed by atoms with van der Waals surface area (Å²) in [6.45, 7) is -2.25. The van der Waals surface area contributed by atoms with E-state index in [1.54, 1.807) is 0 Å². The van der Waals surface area contributed by atoms with Gasteiger partial charge in [-0.05, 0) is 0 Å². The number of carboxylic acids is 4. The van der Waals surface area contributed by atoms with Gasteiger partial charge in [0.05, 0.1) is 26.2 Å². The van der Waals surface area contributed by atoms with Gasteiger partial charge in [0.2, 0.25) is 0 Å². The van der Waals surface area contributed by atoms with Crippen molar-refractivity contribution in [1.29, 1.82) is 0 Å². The number of aliphatic carboxylic acids is 4. The zero-order chi connectivity index (χ0) is 15.7. The zero-order valence-corrected chi connectivity index (χ0v) is 11.6. The molecule has 0 spiro atoms. The van der Waals surface area contributed by atoms with E-state index in [9.17, 15) is 19.2 Å². The van der Waals surface area contributed by atoms with Crippen LogP contribution in [0.2, 0.25) is 0 Å². The van der Waals surface area contributed by atoms with Gasteiger partial charge in [-0.3, -0.25) is 29.0 Å². The van der Waals surface area contributed by atoms with E-state index in [1.807, 2.05) is 0 Å². The Hall–Kier alpha value is 0.980. The second-order valence-corrected chi connectivity index (χ2v) is 4.00. The van der Waals surface area contributed by atoms with Crippen LogP contribution in [0.25, 0.3) is 0 Å². The summed E-state index contributed by atoms with van der Waals surface area (Å²) >= 11 is 0. The molecule has 0 fully saturated rings. The van der Waals surface area contributed by atoms with Crippen molar-refractivity contribution in [3.05, 3.63) is 0 Å². The molecular weight excluding hydrogens is 394 g/mol. The molecular formula is C10H24CaN2Na2O10. The van der Waals surface area contributed by atoms with Crippen molar-refractivity contribution >= 4 is 121 Å². The standard InChI is InChI=1S/C10H16N2O8.Ca.2Na.2H2O.4H/c13-7(14)3-11(4-8(15)16)1-2-12(5-9(17)18)6-10(19)20;;;;;;;;;/h1-6H2,(H,13,14)(H,15,16)(H,17,18)(H,19,20);;;;2*1H2;;;;. The van der Waals surface area contributed by atoms with Crippen LogP contribution in [0, 0.1) is 0 Å². The van der Waals surface area contributed by atoms with Crippen LogP contribution in [-0.4, -0.2) is 201 Å². The number of hydrogen-bond donors (Lipinski definition) is 4. The fraction of sp³-hybridized carbons (Fsp3) is 0.600. The summed E-state index contributed by atoms with van der Waals surface area (Å²) in [7, 11) is 0. The number of hydrogen-bond acceptors (Lipinski definition) is 6. The van der Waals surface area contributed by atoms with Crippen molar-refractivity contribution in [3.63, 3.8) is 0 Å². The molecule has 8 N–H and O–H groups in total. The van der Waals surface area contributed by atoms with Crippen LogP contribution in [0.4, 0.5) is 0 Å². The Balaban J connectivity index is -0.000000180. The average Bonchev–Trinajstić information content (AvgIpc) is 2.22. The summed E-state index contributed by atoms with van der Waals surface area (Å²) < 4.78 is 0. The quantitative estimate of drug-likeness (QED) is 0.233. The van der Waals surface area contributed by atoms with Crippen molar-refractivity contribution in [3.8, 4) is 0 Å². The number of rotatable bonds is 11. The van der Waals surface area contributed by atoms with E-state index in [1.165, 1.54) is 0 Å². The Morgan fingerprint density at radius 3 is 0.840 bits per heavy atom. The fourth-order valence-corrected chi connectivity index (χ4v) is 1.48. The Bertz CT molecular complexity index is 334. The van der Waals surface area contributed by atoms with Gasteiger partial charge in [-0.15, -0.1) is 0 Å². The van der Waals surface area contributed by atoms with Crippen LogP contribution in [0.15, 0.2) is 0 Å². The summed E-state index contributed by atoms with van der Waals surface area (Å²) in [5.41, 5.74) is 0. The third-order valence-corrected chi connectivity index (χ3v) is 2.17. The van der Waals surface area contributed by atoms with Gasteiger partial charge in [-0.1, -0.05) is 0 Å². The molecule has 0 saturated carbocycles. The van der Waals surface area contributed by atoms with E-state index < -0.39 is 50.1 Å². The molecule has 0 aromatic carbocycles. The van der Waals surface area contributed by atoms with Gasteiger partial charge >= 0.3 is 121 Å². The second-order valence-electron chi connectivity index (χ2n) is 4.00. The van der Waals surface area contributed by atoms with Gasteiger partial charge in [-0.25, -0.2) is 0 Å². The normalized spacial score (nSPS) is 8.56. The molecule has 0 saturated heterocycles. The van der Waals surface area contributed by atoms with Gasteiger partial charge in [0.25, 0.3) is 0 Å². The van der Waals surface area contributed by atoms with Crippen molar-refractivity contribution in [2.45, 2.75) is 0 Å². The van der Waals surface area contributed by atoms with Gasteiger partial charge in [-0.2, -0.15) is 0 Å². The molecule has 0 aromatic heterocycles. The molecule has 0 aliphatic rings. The van der Waals surface area contributed by atoms with Crippen LogP contribution in [-0.2, 0) is 19.2 Å². The maximum atomic E-state index is 10.6. The van der Waals surface area contributed by atoms with Crippen molar-refractivity contribution in [2.75, 3.05) is 39.3 Å². The molecule has 12 nitrogen and oxygen atoms in total. The van der Waals surface area contributed by atoms with Crippen molar-refractivity contribution in [2.24, 2.45) is 0 Å². The van der Waals surface area contributed by atoms with Crippen LogP contribution in [0.3, 0.4) is 0 Å². The first-order valence-electron chi connectivity index (χ1n) is 5.52. The van der Waals surface area contributed by atoms with Crippen molar-refractivity contribution in [1.82, 2.24) is 9.80 Å². The molecule has 0 atom stereocenters. The Morgan fingerprint density at radius 1 is 0.560 bits per heavy atom. The predicted molar refractivity (Wildman–Crippen MR) is 93.5 cm³/mol. The predicted octanol–water partition coefficient (Wildman–Crippen LogP) is -5.93. The van der Waals surface area contributed by atoms with Gasteiger partial charge in [0.15, 0.2) is 0 Å². The summed E-state index contributed by atoms with van der Waals surface area (Å²) in [5, 5.41) is 34.5. The van der Waals surface area contributed by atoms with E-state index in [0.717, 1.165) is 9.80 Å². The van der Waals surface area contributed by atoms with Crippen LogP contribution in [0.1, 0.15) is 0 Å². The summed E-state index contributed by atoms with van der Waals surface area (Å²) in [6.07, 6.45) is 0. The summed E-state index contributed by atoms with van der Waals surface area (Å²) in [4.78, 5) is 44.4. The number of nitrogens with zero attached hydrogens (tertiary/aromatic N) is 2. The Kier molecular flexibility index (Phi) is 37.4. The molecule has 138 valence electrons. The first-order chi connectivity index (χ1) is 9.20. The van der Waals surface area contributed by atoms with Crippen LogP contribution in [0.5, 0.6) is 0 Å². The molecule has 0 heterocycles. The molecule has 0 aromatic rings. The first-order valence-corrected chi connectivity index (χ1v) is 5.52. The molecule has 0 radical (unpaired) electrons. The SMILES string of the molecule is O.O.O=C(O)CN(CCN(CC(=O)O)CC(=O)O)CC(=O)O.[CaH2].[NaH].[NaH]. The Morgan fingerprint density at radius 2 is 0.720 bits per heavy atom. The zero-order valence-electron chi connectivity index (χ0n) is 11.6. The number of carboxylic acid groups (broad SMARTS) is 4. The summed E-state index contributed by atoms with van der Waals surface area (Å²) in [5.74, 6) is -4.91. The van der Waals surface area contributed by atoms with E-state index in [4.69, 9.17) is 20.4 Å². The van der Waals surface area contributed by atoms with Gasteiger partial charge < -0.3 is 31.4 Å². The molecule has 25 heavy (non-hydrogen) atoms. The fourth-order valence-electron chi connectivity index (χ4n) is 1.48. The number of carbonyl (C=O) groups is 4. The topological polar surface area (TPSA) is 219 Å². The van der Waals surface area contributed by atoms with E-state index in [2.05, 4.69) is 0 Å². The molecule has 0 amide bonds. The molecule has 0 aliphatic carbocycles. The molecule has 0 rings (SSSR count). The molecule has 0 bridgehead atoms. The van der Waals surface area contributed by atoms with Gasteiger partial charge in [0, 0.05) is 13.1 Å². The Labute approximate surface area is 217 Å². The maximum absolute atomic E-state index is 10.6. The van der Waals surface area contributed by atoms with E-state index in [0.29, 0.717) is 0 Å². The minimum atomic E-state index is -1.23. The van der Waals surface area contributed by atoms with E-state index >= 15 is 0 Å². The molecule has 0 unspecified atom stereocenters. The third-order valence-electron chi connectivity index (χ3n) is 2.17. The average molecular weight is 418 g/mol. The summed E-state index contributed by atoms with van der Waals surface area (Å²) in [6, 6.07) is 0.